The fourth-order valence-electron chi connectivity index (χ4n) is 2.72. The van der Waals surface area contributed by atoms with Crippen LogP contribution in [0.4, 0.5) is 5.69 Å². The maximum Gasteiger partial charge on any atom is 0.244 e. The van der Waals surface area contributed by atoms with Crippen molar-refractivity contribution in [3.8, 4) is 11.5 Å². The number of aromatic amines is 1. The first-order chi connectivity index (χ1) is 11.6. The Hall–Kier alpha value is -2.88. The Morgan fingerprint density at radius 3 is 3.00 bits per heavy atom. The third-order valence-corrected chi connectivity index (χ3v) is 4.23. The lowest BCUT2D eigenvalue weighted by Crippen LogP contribution is -2.31. The molecule has 10 heteroatoms. The second kappa shape index (κ2) is 5.64. The largest absolute Gasteiger partial charge is 0.454 e. The summed E-state index contributed by atoms with van der Waals surface area (Å²) in [5.41, 5.74) is 3.30. The molecule has 2 amide bonds. The molecule has 1 fully saturated rings. The van der Waals surface area contributed by atoms with Gasteiger partial charge in [-0.1, -0.05) is 0 Å². The molecule has 2 aliphatic heterocycles. The van der Waals surface area contributed by atoms with E-state index in [9.17, 15) is 9.59 Å². The number of H-pyrrole nitrogens is 1. The maximum atomic E-state index is 12.3. The molecule has 0 radical (unpaired) electrons. The van der Waals surface area contributed by atoms with Gasteiger partial charge >= 0.3 is 0 Å². The van der Waals surface area contributed by atoms with Crippen LogP contribution in [-0.4, -0.2) is 40.0 Å². The van der Waals surface area contributed by atoms with Gasteiger partial charge in [0.2, 0.25) is 23.4 Å². The molecule has 1 aromatic heterocycles. The fraction of sp³-hybridized carbons (Fsp3) is 0.286. The maximum absolute atomic E-state index is 12.3. The SMILES string of the molecule is O=C(Nn1cn[nH]c1=S)[C@H]1CC(=O)N(c2ccc3c(c2)OCO3)C1. The number of carbonyl (C=O) groups is 2. The van der Waals surface area contributed by atoms with Crippen molar-refractivity contribution in [1.82, 2.24) is 14.9 Å². The lowest BCUT2D eigenvalue weighted by atomic mass is 10.1. The van der Waals surface area contributed by atoms with E-state index in [-0.39, 0.29) is 36.3 Å². The number of amides is 2. The summed E-state index contributed by atoms with van der Waals surface area (Å²) in [4.78, 5) is 26.2. The lowest BCUT2D eigenvalue weighted by molar-refractivity contribution is -0.123. The van der Waals surface area contributed by atoms with Crippen LogP contribution in [0.2, 0.25) is 0 Å². The van der Waals surface area contributed by atoms with Gasteiger partial charge in [0.25, 0.3) is 0 Å². The van der Waals surface area contributed by atoms with Gasteiger partial charge in [0.05, 0.1) is 5.92 Å². The molecule has 0 aliphatic carbocycles. The number of ether oxygens (including phenoxy) is 2. The molecule has 2 aromatic rings. The second-order valence-electron chi connectivity index (χ2n) is 5.45. The Balaban J connectivity index is 1.49. The number of hydrogen-bond acceptors (Lipinski definition) is 6. The molecular weight excluding hydrogens is 334 g/mol. The Kier molecular flexibility index (Phi) is 3.45. The minimum atomic E-state index is -0.472. The van der Waals surface area contributed by atoms with Crippen LogP contribution in [0, 0.1) is 10.7 Å². The van der Waals surface area contributed by atoms with Gasteiger partial charge in [-0.05, 0) is 24.4 Å². The van der Waals surface area contributed by atoms with Crippen LogP contribution in [0.25, 0.3) is 0 Å². The summed E-state index contributed by atoms with van der Waals surface area (Å²) in [6, 6.07) is 5.27. The highest BCUT2D eigenvalue weighted by molar-refractivity contribution is 7.71. The Bertz CT molecular complexity index is 876. The zero-order valence-corrected chi connectivity index (χ0v) is 13.2. The molecule has 2 aliphatic rings. The predicted molar refractivity (Wildman–Crippen MR) is 84.8 cm³/mol. The van der Waals surface area contributed by atoms with Crippen LogP contribution in [0.3, 0.4) is 0 Å². The van der Waals surface area contributed by atoms with Gasteiger partial charge in [0.1, 0.15) is 6.33 Å². The van der Waals surface area contributed by atoms with Crippen LogP contribution >= 0.6 is 12.2 Å². The van der Waals surface area contributed by atoms with E-state index >= 15 is 0 Å². The van der Waals surface area contributed by atoms with Gasteiger partial charge in [-0.3, -0.25) is 20.1 Å². The number of benzene rings is 1. The molecule has 124 valence electrons. The summed E-state index contributed by atoms with van der Waals surface area (Å²) in [5.74, 6) is 0.362. The van der Waals surface area contributed by atoms with Crippen LogP contribution in [0.1, 0.15) is 6.42 Å². The normalized spacial score (nSPS) is 18.9. The van der Waals surface area contributed by atoms with Crippen molar-refractivity contribution in [3.05, 3.63) is 29.3 Å². The van der Waals surface area contributed by atoms with Gasteiger partial charge in [-0.25, -0.2) is 4.68 Å². The number of hydrogen-bond donors (Lipinski definition) is 2. The molecular formula is C14H13N5O4S. The zero-order chi connectivity index (χ0) is 16.7. The Labute approximate surface area is 141 Å². The van der Waals surface area contributed by atoms with Crippen molar-refractivity contribution in [3.63, 3.8) is 0 Å². The Morgan fingerprint density at radius 2 is 2.21 bits per heavy atom. The second-order valence-corrected chi connectivity index (χ2v) is 5.84. The molecule has 0 unspecified atom stereocenters. The number of rotatable bonds is 3. The van der Waals surface area contributed by atoms with E-state index in [0.29, 0.717) is 17.2 Å². The first kappa shape index (κ1) is 14.7. The number of fused-ring (bicyclic) bond motifs is 1. The standard InChI is InChI=1S/C14H13N5O4S/c20-12-3-8(13(21)17-19-6-15-16-14(19)24)5-18(12)9-1-2-10-11(4-9)23-7-22-10/h1-2,4,6,8H,3,5,7H2,(H,16,24)(H,17,21)/t8-/m0/s1. The molecule has 24 heavy (non-hydrogen) atoms. The quantitative estimate of drug-likeness (QED) is 0.796. The molecule has 0 saturated carbocycles. The number of anilines is 1. The van der Waals surface area contributed by atoms with E-state index in [4.69, 9.17) is 21.7 Å². The summed E-state index contributed by atoms with van der Waals surface area (Å²) in [6.07, 6.45) is 1.50. The number of carbonyl (C=O) groups excluding carboxylic acids is 2. The summed E-state index contributed by atoms with van der Waals surface area (Å²) < 4.78 is 12.2. The minimum absolute atomic E-state index is 0.121. The monoisotopic (exact) mass is 347 g/mol. The smallest absolute Gasteiger partial charge is 0.244 e. The molecule has 3 heterocycles. The van der Waals surface area contributed by atoms with Gasteiger partial charge in [-0.2, -0.15) is 5.10 Å². The van der Waals surface area contributed by atoms with Crippen molar-refractivity contribution in [2.75, 3.05) is 23.7 Å². The van der Waals surface area contributed by atoms with Crippen LogP contribution in [-0.2, 0) is 9.59 Å². The summed E-state index contributed by atoms with van der Waals surface area (Å²) in [5, 5.41) is 6.27. The van der Waals surface area contributed by atoms with E-state index in [0.717, 1.165) is 0 Å². The van der Waals surface area contributed by atoms with Crippen LogP contribution in [0.5, 0.6) is 11.5 Å². The molecule has 1 aromatic carbocycles. The summed E-state index contributed by atoms with van der Waals surface area (Å²) >= 11 is 4.97. The van der Waals surface area contributed by atoms with E-state index in [2.05, 4.69) is 15.6 Å². The fourth-order valence-corrected chi connectivity index (χ4v) is 2.87. The average molecular weight is 347 g/mol. The highest BCUT2D eigenvalue weighted by Crippen LogP contribution is 2.37. The van der Waals surface area contributed by atoms with Gasteiger partial charge in [0.15, 0.2) is 11.5 Å². The molecule has 9 nitrogen and oxygen atoms in total. The van der Waals surface area contributed by atoms with Crippen molar-refractivity contribution in [1.29, 1.82) is 0 Å². The first-order valence-electron chi connectivity index (χ1n) is 7.25. The van der Waals surface area contributed by atoms with E-state index in [1.165, 1.54) is 11.0 Å². The minimum Gasteiger partial charge on any atom is -0.454 e. The van der Waals surface area contributed by atoms with Crippen LogP contribution in [0.15, 0.2) is 24.5 Å². The topological polar surface area (TPSA) is 101 Å². The molecule has 0 bridgehead atoms. The van der Waals surface area contributed by atoms with E-state index < -0.39 is 5.92 Å². The zero-order valence-electron chi connectivity index (χ0n) is 12.4. The van der Waals surface area contributed by atoms with E-state index in [1.807, 2.05) is 0 Å². The molecule has 0 spiro atoms. The average Bonchev–Trinajstić information content (AvgIpc) is 3.27. The highest BCUT2D eigenvalue weighted by atomic mass is 32.1. The highest BCUT2D eigenvalue weighted by Gasteiger charge is 2.36. The van der Waals surface area contributed by atoms with Crippen molar-refractivity contribution < 1.29 is 19.1 Å². The molecule has 2 N–H and O–H groups in total. The van der Waals surface area contributed by atoms with Crippen LogP contribution < -0.4 is 19.8 Å². The summed E-state index contributed by atoms with van der Waals surface area (Å²) in [7, 11) is 0. The summed E-state index contributed by atoms with van der Waals surface area (Å²) in [6.45, 7) is 0.457. The van der Waals surface area contributed by atoms with Crippen molar-refractivity contribution >= 4 is 29.7 Å². The number of aromatic nitrogens is 3. The molecule has 1 saturated heterocycles. The predicted octanol–water partition coefficient (Wildman–Crippen LogP) is 0.793. The number of nitrogens with zero attached hydrogens (tertiary/aromatic N) is 3. The number of nitrogens with one attached hydrogen (secondary N) is 2. The third-order valence-electron chi connectivity index (χ3n) is 3.95. The first-order valence-corrected chi connectivity index (χ1v) is 7.65. The third kappa shape index (κ3) is 2.50. The van der Waals surface area contributed by atoms with Gasteiger partial charge in [-0.15, -0.1) is 0 Å². The van der Waals surface area contributed by atoms with Gasteiger partial charge < -0.3 is 14.4 Å². The lowest BCUT2D eigenvalue weighted by Gasteiger charge is -2.17. The Morgan fingerprint density at radius 1 is 1.38 bits per heavy atom. The molecule has 4 rings (SSSR count). The molecule has 1 atom stereocenters. The van der Waals surface area contributed by atoms with E-state index in [1.54, 1.807) is 23.1 Å². The van der Waals surface area contributed by atoms with Crippen molar-refractivity contribution in [2.45, 2.75) is 6.42 Å². The van der Waals surface area contributed by atoms with Gasteiger partial charge in [0, 0.05) is 24.7 Å². The van der Waals surface area contributed by atoms with Crippen molar-refractivity contribution in [2.24, 2.45) is 5.92 Å².